The number of hydrogen-bond acceptors (Lipinski definition) is 6. The van der Waals surface area contributed by atoms with Gasteiger partial charge in [0, 0.05) is 31.8 Å². The lowest BCUT2D eigenvalue weighted by Gasteiger charge is -2.16. The van der Waals surface area contributed by atoms with Crippen molar-refractivity contribution in [2.75, 3.05) is 19.9 Å². The predicted octanol–water partition coefficient (Wildman–Crippen LogP) is 1.59. The maximum Gasteiger partial charge on any atom is 0.256 e. The molecule has 9 heteroatoms. The predicted molar refractivity (Wildman–Crippen MR) is 126 cm³/mol. The number of hydrogen-bond donors (Lipinski definition) is 3. The summed E-state index contributed by atoms with van der Waals surface area (Å²) in [5, 5.41) is 15.4. The monoisotopic (exact) mass is 465 g/mol. The van der Waals surface area contributed by atoms with E-state index in [-0.39, 0.29) is 37.8 Å². The molecule has 0 radical (unpaired) electrons. The molecule has 1 atom stereocenters. The third-order valence-corrected chi connectivity index (χ3v) is 5.71. The highest BCUT2D eigenvalue weighted by Crippen LogP contribution is 2.35. The van der Waals surface area contributed by atoms with E-state index in [0.29, 0.717) is 35.4 Å². The summed E-state index contributed by atoms with van der Waals surface area (Å²) in [6.45, 7) is 2.40. The van der Waals surface area contributed by atoms with Crippen LogP contribution in [0.3, 0.4) is 0 Å². The second-order valence-corrected chi connectivity index (χ2v) is 8.02. The van der Waals surface area contributed by atoms with Crippen molar-refractivity contribution in [1.82, 2.24) is 15.2 Å². The summed E-state index contributed by atoms with van der Waals surface area (Å²) >= 11 is 0. The molecule has 0 saturated heterocycles. The van der Waals surface area contributed by atoms with Crippen LogP contribution >= 0.6 is 0 Å². The van der Waals surface area contributed by atoms with E-state index in [9.17, 15) is 19.5 Å². The minimum Gasteiger partial charge on any atom is -0.454 e. The van der Waals surface area contributed by atoms with E-state index in [4.69, 9.17) is 9.47 Å². The smallest absolute Gasteiger partial charge is 0.256 e. The van der Waals surface area contributed by atoms with Crippen molar-refractivity contribution in [3.63, 3.8) is 0 Å². The summed E-state index contributed by atoms with van der Waals surface area (Å²) in [5.74, 6) is 0.177. The van der Waals surface area contributed by atoms with Gasteiger partial charge in [-0.15, -0.1) is 0 Å². The van der Waals surface area contributed by atoms with E-state index < -0.39 is 17.4 Å². The van der Waals surface area contributed by atoms with Crippen LogP contribution in [0.4, 0.5) is 0 Å². The van der Waals surface area contributed by atoms with Gasteiger partial charge in [0.2, 0.25) is 18.1 Å². The first-order valence-corrected chi connectivity index (χ1v) is 11.2. The van der Waals surface area contributed by atoms with E-state index in [1.54, 1.807) is 16.7 Å². The van der Waals surface area contributed by atoms with Gasteiger partial charge in [-0.05, 0) is 25.0 Å². The third kappa shape index (κ3) is 5.04. The van der Waals surface area contributed by atoms with E-state index in [0.717, 1.165) is 5.56 Å². The number of amides is 2. The Balaban J connectivity index is 1.39. The number of carbonyl (C=O) groups excluding carboxylic acids is 2. The van der Waals surface area contributed by atoms with Crippen LogP contribution < -0.4 is 25.5 Å². The van der Waals surface area contributed by atoms with E-state index in [1.165, 1.54) is 6.20 Å². The van der Waals surface area contributed by atoms with Gasteiger partial charge in [0.25, 0.3) is 5.91 Å². The van der Waals surface area contributed by atoms with Crippen LogP contribution in [0.2, 0.25) is 0 Å². The molecule has 0 saturated carbocycles. The van der Waals surface area contributed by atoms with Crippen molar-refractivity contribution in [2.24, 2.45) is 0 Å². The summed E-state index contributed by atoms with van der Waals surface area (Å²) in [6.07, 6.45) is 2.04. The highest BCUT2D eigenvalue weighted by Gasteiger charge is 2.21. The first-order chi connectivity index (χ1) is 16.5. The number of ether oxygens (including phenoxy) is 2. The van der Waals surface area contributed by atoms with Crippen molar-refractivity contribution in [3.8, 4) is 11.5 Å². The molecule has 9 nitrogen and oxygen atoms in total. The number of aryl methyl sites for hydroxylation is 1. The van der Waals surface area contributed by atoms with Gasteiger partial charge in [0.15, 0.2) is 11.5 Å². The Kier molecular flexibility index (Phi) is 7.12. The first kappa shape index (κ1) is 23.3. The maximum absolute atomic E-state index is 13.0. The molecule has 0 fully saturated rings. The zero-order chi connectivity index (χ0) is 24.1. The van der Waals surface area contributed by atoms with Gasteiger partial charge in [0.05, 0.1) is 23.6 Å². The molecular formula is C25H27N3O6. The molecule has 3 N–H and O–H groups in total. The molecule has 2 aromatic carbocycles. The van der Waals surface area contributed by atoms with Crippen LogP contribution in [0.1, 0.15) is 29.3 Å². The molecule has 1 aromatic heterocycles. The quantitative estimate of drug-likeness (QED) is 0.442. The number of fused-ring (bicyclic) bond motifs is 2. The summed E-state index contributed by atoms with van der Waals surface area (Å²) in [5.41, 5.74) is 1.23. The summed E-state index contributed by atoms with van der Waals surface area (Å²) < 4.78 is 12.6. The zero-order valence-electron chi connectivity index (χ0n) is 18.9. The molecule has 178 valence electrons. The van der Waals surface area contributed by atoms with Crippen LogP contribution in [0.5, 0.6) is 11.5 Å². The van der Waals surface area contributed by atoms with Gasteiger partial charge in [-0.1, -0.05) is 30.3 Å². The summed E-state index contributed by atoms with van der Waals surface area (Å²) in [6, 6.07) is 12.5. The number of nitrogens with one attached hydrogen (secondary N) is 2. The minimum absolute atomic E-state index is 0.00839. The molecular weight excluding hydrogens is 438 g/mol. The number of aromatic nitrogens is 1. The minimum atomic E-state index is -0.553. The van der Waals surface area contributed by atoms with Crippen LogP contribution in [-0.4, -0.2) is 47.5 Å². The lowest BCUT2D eigenvalue weighted by atomic mass is 10.1. The lowest BCUT2D eigenvalue weighted by molar-refractivity contribution is -0.121. The summed E-state index contributed by atoms with van der Waals surface area (Å²) in [7, 11) is 0. The normalized spacial score (nSPS) is 13.0. The lowest BCUT2D eigenvalue weighted by Crippen LogP contribution is -2.40. The fraction of sp³-hybridized carbons (Fsp3) is 0.320. The molecule has 1 aliphatic heterocycles. The summed E-state index contributed by atoms with van der Waals surface area (Å²) in [4.78, 5) is 38.1. The van der Waals surface area contributed by atoms with E-state index in [1.807, 2.05) is 37.3 Å². The topological polar surface area (TPSA) is 119 Å². The molecule has 0 aliphatic carbocycles. The number of nitrogens with zero attached hydrogens (tertiary/aromatic N) is 1. The van der Waals surface area contributed by atoms with Crippen LogP contribution in [0.15, 0.2) is 53.5 Å². The Morgan fingerprint density at radius 2 is 1.88 bits per heavy atom. The van der Waals surface area contributed by atoms with Crippen LogP contribution in [-0.2, 0) is 17.8 Å². The second-order valence-electron chi connectivity index (χ2n) is 8.02. The maximum atomic E-state index is 13.0. The van der Waals surface area contributed by atoms with Gasteiger partial charge >= 0.3 is 0 Å². The second kappa shape index (κ2) is 10.4. The molecule has 0 bridgehead atoms. The first-order valence-electron chi connectivity index (χ1n) is 11.2. The van der Waals surface area contributed by atoms with Crippen molar-refractivity contribution in [2.45, 2.75) is 32.4 Å². The molecule has 1 unspecified atom stereocenters. The Morgan fingerprint density at radius 3 is 2.59 bits per heavy atom. The highest BCUT2D eigenvalue weighted by molar-refractivity contribution is 5.98. The molecule has 2 heterocycles. The zero-order valence-corrected chi connectivity index (χ0v) is 18.9. The van der Waals surface area contributed by atoms with Crippen molar-refractivity contribution in [1.29, 1.82) is 0 Å². The molecule has 4 rings (SSSR count). The number of pyridine rings is 1. The Bertz CT molecular complexity index is 1250. The molecule has 34 heavy (non-hydrogen) atoms. The van der Waals surface area contributed by atoms with Gasteiger partial charge in [-0.2, -0.15) is 0 Å². The SMILES string of the molecule is CCn1cc(C(=O)NCCC(=O)NC(CO)Cc2ccccc2)c(=O)c2cc3c(cc21)OCO3. The fourth-order valence-corrected chi connectivity index (χ4v) is 3.95. The highest BCUT2D eigenvalue weighted by atomic mass is 16.7. The standard InChI is InChI=1S/C25H27N3O6/c1-2-28-13-19(24(31)18-11-21-22(12-20(18)28)34-15-33-21)25(32)26-9-8-23(30)27-17(14-29)10-16-6-4-3-5-7-16/h3-7,11-13,17,29H,2,8-10,14-15H2,1H3,(H,26,32)(H,27,30). The van der Waals surface area contributed by atoms with Gasteiger partial charge in [-0.3, -0.25) is 14.4 Å². The Hall–Kier alpha value is -3.85. The van der Waals surface area contributed by atoms with Gasteiger partial charge < -0.3 is 29.8 Å². The van der Waals surface area contributed by atoms with Crippen LogP contribution in [0, 0.1) is 0 Å². The van der Waals surface area contributed by atoms with Crippen molar-refractivity contribution < 1.29 is 24.2 Å². The van der Waals surface area contributed by atoms with Crippen LogP contribution in [0.25, 0.3) is 10.9 Å². The molecule has 3 aromatic rings. The van der Waals surface area contributed by atoms with E-state index >= 15 is 0 Å². The fourth-order valence-electron chi connectivity index (χ4n) is 3.95. The third-order valence-electron chi connectivity index (χ3n) is 5.71. The van der Waals surface area contributed by atoms with Crippen molar-refractivity contribution >= 4 is 22.7 Å². The Labute approximate surface area is 196 Å². The number of benzene rings is 2. The van der Waals surface area contributed by atoms with Gasteiger partial charge in [-0.25, -0.2) is 0 Å². The average molecular weight is 466 g/mol. The number of aliphatic hydroxyl groups is 1. The number of rotatable bonds is 9. The Morgan fingerprint density at radius 1 is 1.15 bits per heavy atom. The molecule has 2 amide bonds. The molecule has 1 aliphatic rings. The van der Waals surface area contributed by atoms with Crippen molar-refractivity contribution in [3.05, 3.63) is 70.0 Å². The number of aliphatic hydroxyl groups excluding tert-OH is 1. The molecule has 0 spiro atoms. The largest absolute Gasteiger partial charge is 0.454 e. The van der Waals surface area contributed by atoms with Gasteiger partial charge in [0.1, 0.15) is 5.56 Å². The number of carbonyl (C=O) groups is 2. The average Bonchev–Trinajstić information content (AvgIpc) is 3.31. The van der Waals surface area contributed by atoms with E-state index in [2.05, 4.69) is 10.6 Å².